The number of rotatable bonds is 4. The largest absolute Gasteiger partial charge is 0.444 e. The lowest BCUT2D eigenvalue weighted by molar-refractivity contribution is 0.0507. The van der Waals surface area contributed by atoms with E-state index in [0.717, 1.165) is 49.1 Å². The molecule has 2 rings (SSSR count). The van der Waals surface area contributed by atoms with Gasteiger partial charge in [-0.25, -0.2) is 9.78 Å². The maximum Gasteiger partial charge on any atom is 0.407 e. The summed E-state index contributed by atoms with van der Waals surface area (Å²) < 4.78 is 5.34. The molecule has 7 nitrogen and oxygen atoms in total. The van der Waals surface area contributed by atoms with Gasteiger partial charge in [-0.3, -0.25) is 4.99 Å². The maximum atomic E-state index is 12.0. The first-order valence-electron chi connectivity index (χ1n) is 9.88. The maximum absolute atomic E-state index is 12.0. The Morgan fingerprint density at radius 3 is 2.64 bits per heavy atom. The van der Waals surface area contributed by atoms with Crippen LogP contribution in [0.3, 0.4) is 0 Å². The SMILES string of the molecule is CN=C(NCCc1nc(C(C)(C)C)cs1)N1CCC(NC(=O)OC(C)(C)C)C1. The van der Waals surface area contributed by atoms with Crippen LogP contribution >= 0.6 is 11.3 Å². The van der Waals surface area contributed by atoms with Crippen molar-refractivity contribution in [3.05, 3.63) is 16.1 Å². The lowest BCUT2D eigenvalue weighted by Crippen LogP contribution is -2.44. The molecular weight excluding hydrogens is 374 g/mol. The average Bonchev–Trinajstić information content (AvgIpc) is 3.18. The van der Waals surface area contributed by atoms with Gasteiger partial charge in [0.25, 0.3) is 0 Å². The number of nitrogens with one attached hydrogen (secondary N) is 2. The Morgan fingerprint density at radius 1 is 1.36 bits per heavy atom. The van der Waals surface area contributed by atoms with Gasteiger partial charge in [0.15, 0.2) is 5.96 Å². The number of guanidine groups is 1. The lowest BCUT2D eigenvalue weighted by atomic mass is 9.93. The van der Waals surface area contributed by atoms with E-state index in [4.69, 9.17) is 9.72 Å². The van der Waals surface area contributed by atoms with Gasteiger partial charge in [0.2, 0.25) is 0 Å². The number of carbonyl (C=O) groups is 1. The second kappa shape index (κ2) is 9.11. The zero-order valence-electron chi connectivity index (χ0n) is 18.3. The standard InChI is InChI=1S/C20H35N5O2S/c1-19(2,3)15-13-28-16(24-15)8-10-22-17(21-7)25-11-9-14(12-25)23-18(26)27-20(4,5)6/h13-14H,8-12H2,1-7H3,(H,21,22)(H,23,26). The minimum Gasteiger partial charge on any atom is -0.444 e. The fourth-order valence-corrected chi connectivity index (χ4v) is 3.95. The predicted octanol–water partition coefficient (Wildman–Crippen LogP) is 3.16. The molecule has 2 heterocycles. The van der Waals surface area contributed by atoms with Gasteiger partial charge in [0, 0.05) is 43.9 Å². The van der Waals surface area contributed by atoms with E-state index in [1.54, 1.807) is 18.4 Å². The molecular formula is C20H35N5O2S. The molecule has 158 valence electrons. The summed E-state index contributed by atoms with van der Waals surface area (Å²) in [6, 6.07) is 0.0710. The number of thiazole rings is 1. The third kappa shape index (κ3) is 6.96. The summed E-state index contributed by atoms with van der Waals surface area (Å²) in [5.74, 6) is 0.862. The van der Waals surface area contributed by atoms with Crippen LogP contribution in [-0.2, 0) is 16.6 Å². The average molecular weight is 410 g/mol. The van der Waals surface area contributed by atoms with Gasteiger partial charge in [-0.05, 0) is 27.2 Å². The summed E-state index contributed by atoms with van der Waals surface area (Å²) in [5, 5.41) is 9.66. The number of ether oxygens (including phenoxy) is 1. The summed E-state index contributed by atoms with van der Waals surface area (Å²) in [6.45, 7) is 14.5. The highest BCUT2D eigenvalue weighted by molar-refractivity contribution is 7.09. The van der Waals surface area contributed by atoms with Crippen molar-refractivity contribution in [3.8, 4) is 0 Å². The van der Waals surface area contributed by atoms with E-state index in [-0.39, 0.29) is 17.6 Å². The molecule has 1 fully saturated rings. The first-order valence-corrected chi connectivity index (χ1v) is 10.8. The van der Waals surface area contributed by atoms with Crippen molar-refractivity contribution in [2.24, 2.45) is 4.99 Å². The molecule has 1 aromatic heterocycles. The Hall–Kier alpha value is -1.83. The lowest BCUT2D eigenvalue weighted by Gasteiger charge is -2.23. The quantitative estimate of drug-likeness (QED) is 0.590. The third-order valence-corrected chi connectivity index (χ3v) is 5.27. The van der Waals surface area contributed by atoms with Gasteiger partial charge < -0.3 is 20.3 Å². The fraction of sp³-hybridized carbons (Fsp3) is 0.750. The van der Waals surface area contributed by atoms with E-state index >= 15 is 0 Å². The zero-order valence-corrected chi connectivity index (χ0v) is 19.1. The van der Waals surface area contributed by atoms with Gasteiger partial charge in [0.05, 0.1) is 16.7 Å². The Kier molecular flexibility index (Phi) is 7.31. The smallest absolute Gasteiger partial charge is 0.407 e. The van der Waals surface area contributed by atoms with Crippen LogP contribution in [0.25, 0.3) is 0 Å². The first-order chi connectivity index (χ1) is 13.0. The zero-order chi connectivity index (χ0) is 20.9. The molecule has 1 aromatic rings. The first kappa shape index (κ1) is 22.5. The van der Waals surface area contributed by atoms with Crippen molar-refractivity contribution in [2.45, 2.75) is 71.4 Å². The van der Waals surface area contributed by atoms with E-state index in [1.165, 1.54) is 0 Å². The summed E-state index contributed by atoms with van der Waals surface area (Å²) >= 11 is 1.71. The van der Waals surface area contributed by atoms with Crippen molar-refractivity contribution in [1.82, 2.24) is 20.5 Å². The van der Waals surface area contributed by atoms with Crippen molar-refractivity contribution < 1.29 is 9.53 Å². The number of aromatic nitrogens is 1. The minimum atomic E-state index is -0.483. The van der Waals surface area contributed by atoms with E-state index in [0.29, 0.717) is 0 Å². The number of aliphatic imine (C=N–C) groups is 1. The molecule has 1 unspecified atom stereocenters. The fourth-order valence-electron chi connectivity index (χ4n) is 2.93. The topological polar surface area (TPSA) is 78.9 Å². The van der Waals surface area contributed by atoms with Crippen LogP contribution in [0.1, 0.15) is 58.7 Å². The highest BCUT2D eigenvalue weighted by atomic mass is 32.1. The van der Waals surface area contributed by atoms with Crippen LogP contribution in [0.15, 0.2) is 10.4 Å². The van der Waals surface area contributed by atoms with Crippen LogP contribution in [-0.4, -0.2) is 60.3 Å². The number of hydrogen-bond donors (Lipinski definition) is 2. The predicted molar refractivity (Wildman–Crippen MR) is 115 cm³/mol. The summed E-state index contributed by atoms with van der Waals surface area (Å²) in [7, 11) is 1.79. The molecule has 0 bridgehead atoms. The highest BCUT2D eigenvalue weighted by Gasteiger charge is 2.27. The number of likely N-dealkylation sites (tertiary alicyclic amines) is 1. The molecule has 1 atom stereocenters. The van der Waals surface area contributed by atoms with Crippen molar-refractivity contribution in [2.75, 3.05) is 26.7 Å². The van der Waals surface area contributed by atoms with Crippen LogP contribution < -0.4 is 10.6 Å². The second-order valence-electron chi connectivity index (χ2n) is 9.18. The Bertz CT molecular complexity index is 688. The summed E-state index contributed by atoms with van der Waals surface area (Å²) in [6.07, 6.45) is 1.38. The number of carbonyl (C=O) groups excluding carboxylic acids is 1. The van der Waals surface area contributed by atoms with Gasteiger partial charge in [0.1, 0.15) is 5.60 Å². The number of hydrogen-bond acceptors (Lipinski definition) is 5. The van der Waals surface area contributed by atoms with Crippen LogP contribution in [0.5, 0.6) is 0 Å². The third-order valence-electron chi connectivity index (χ3n) is 4.36. The van der Waals surface area contributed by atoms with Crippen molar-refractivity contribution in [1.29, 1.82) is 0 Å². The van der Waals surface area contributed by atoms with Crippen LogP contribution in [0.4, 0.5) is 4.79 Å². The van der Waals surface area contributed by atoms with Crippen molar-refractivity contribution >= 4 is 23.4 Å². The van der Waals surface area contributed by atoms with Gasteiger partial charge in [-0.15, -0.1) is 11.3 Å². The monoisotopic (exact) mass is 409 g/mol. The minimum absolute atomic E-state index is 0.0710. The van der Waals surface area contributed by atoms with E-state index in [1.807, 2.05) is 20.8 Å². The molecule has 0 spiro atoms. The van der Waals surface area contributed by atoms with E-state index in [9.17, 15) is 4.79 Å². The number of amides is 1. The van der Waals surface area contributed by atoms with Crippen LogP contribution in [0, 0.1) is 0 Å². The second-order valence-corrected chi connectivity index (χ2v) is 10.1. The number of nitrogens with zero attached hydrogens (tertiary/aromatic N) is 3. The molecule has 0 saturated carbocycles. The van der Waals surface area contributed by atoms with Gasteiger partial charge in [-0.1, -0.05) is 20.8 Å². The Balaban J connectivity index is 1.78. The number of alkyl carbamates (subject to hydrolysis) is 1. The molecule has 28 heavy (non-hydrogen) atoms. The highest BCUT2D eigenvalue weighted by Crippen LogP contribution is 2.24. The summed E-state index contributed by atoms with van der Waals surface area (Å²) in [5.41, 5.74) is 0.750. The van der Waals surface area contributed by atoms with Crippen LogP contribution in [0.2, 0.25) is 0 Å². The Morgan fingerprint density at radius 2 is 2.07 bits per heavy atom. The van der Waals surface area contributed by atoms with Gasteiger partial charge >= 0.3 is 6.09 Å². The van der Waals surface area contributed by atoms with E-state index < -0.39 is 5.60 Å². The normalized spacial score (nSPS) is 18.3. The molecule has 1 aliphatic rings. The molecule has 0 aromatic carbocycles. The molecule has 1 amide bonds. The molecule has 1 saturated heterocycles. The summed E-state index contributed by atoms with van der Waals surface area (Å²) in [4.78, 5) is 23.3. The molecule has 0 aliphatic carbocycles. The Labute approximate surface area is 173 Å². The van der Waals surface area contributed by atoms with Gasteiger partial charge in [-0.2, -0.15) is 0 Å². The van der Waals surface area contributed by atoms with Crippen molar-refractivity contribution in [3.63, 3.8) is 0 Å². The van der Waals surface area contributed by atoms with E-state index in [2.05, 4.69) is 46.7 Å². The molecule has 1 aliphatic heterocycles. The molecule has 2 N–H and O–H groups in total. The molecule has 0 radical (unpaired) electrons. The molecule has 8 heteroatoms.